The van der Waals surface area contributed by atoms with Crippen LogP contribution in [0.4, 0.5) is 5.69 Å². The van der Waals surface area contributed by atoms with Crippen LogP contribution in [0.25, 0.3) is 0 Å². The third kappa shape index (κ3) is 2.24. The lowest BCUT2D eigenvalue weighted by Crippen LogP contribution is -2.09. The summed E-state index contributed by atoms with van der Waals surface area (Å²) in [5.74, 6) is -1.25. The fourth-order valence-electron chi connectivity index (χ4n) is 0.884. The highest BCUT2D eigenvalue weighted by molar-refractivity contribution is 7.08. The maximum atomic E-state index is 11.3. The van der Waals surface area contributed by atoms with Gasteiger partial charge in [0.25, 0.3) is 0 Å². The van der Waals surface area contributed by atoms with Gasteiger partial charge >= 0.3 is 11.9 Å². The van der Waals surface area contributed by atoms with E-state index in [0.717, 1.165) is 11.5 Å². The molecule has 0 unspecified atom stereocenters. The van der Waals surface area contributed by atoms with Gasteiger partial charge in [-0.15, -0.1) is 0 Å². The summed E-state index contributed by atoms with van der Waals surface area (Å²) in [6.07, 6.45) is 0. The van der Waals surface area contributed by atoms with E-state index in [4.69, 9.17) is 10.5 Å². The van der Waals surface area contributed by atoms with Crippen LogP contribution in [0.2, 0.25) is 0 Å². The molecular formula is C8H10N2O4S. The van der Waals surface area contributed by atoms with Crippen LogP contribution in [-0.4, -0.2) is 30.0 Å². The highest BCUT2D eigenvalue weighted by atomic mass is 32.1. The lowest BCUT2D eigenvalue weighted by atomic mass is 10.3. The molecule has 82 valence electrons. The second kappa shape index (κ2) is 4.74. The summed E-state index contributed by atoms with van der Waals surface area (Å²) >= 11 is 0.813. The fraction of sp³-hybridized carbons (Fsp3) is 0.375. The molecule has 0 aliphatic carbocycles. The van der Waals surface area contributed by atoms with Crippen molar-refractivity contribution in [3.05, 3.63) is 10.6 Å². The molecule has 0 atom stereocenters. The predicted octanol–water partition coefficient (Wildman–Crippen LogP) is 0.689. The van der Waals surface area contributed by atoms with Crippen LogP contribution < -0.4 is 5.73 Å². The number of methoxy groups -OCH3 is 1. The lowest BCUT2D eigenvalue weighted by molar-refractivity contribution is 0.0522. The summed E-state index contributed by atoms with van der Waals surface area (Å²) in [4.78, 5) is 22.5. The van der Waals surface area contributed by atoms with Gasteiger partial charge in [-0.3, -0.25) is 0 Å². The highest BCUT2D eigenvalue weighted by Crippen LogP contribution is 2.22. The first-order valence-corrected chi connectivity index (χ1v) is 4.89. The average molecular weight is 230 g/mol. The monoisotopic (exact) mass is 230 g/mol. The zero-order valence-electron chi connectivity index (χ0n) is 8.27. The van der Waals surface area contributed by atoms with E-state index in [-0.39, 0.29) is 22.9 Å². The highest BCUT2D eigenvalue weighted by Gasteiger charge is 2.23. The van der Waals surface area contributed by atoms with Gasteiger partial charge in [0.15, 0.2) is 10.6 Å². The largest absolute Gasteiger partial charge is 0.465 e. The van der Waals surface area contributed by atoms with Crippen molar-refractivity contribution in [3.8, 4) is 0 Å². The SMILES string of the molecule is CCOC(=O)c1nsc(C(=O)OC)c1N. The Bertz CT molecular complexity index is 388. The molecule has 0 saturated heterocycles. The van der Waals surface area contributed by atoms with Crippen molar-refractivity contribution in [2.24, 2.45) is 0 Å². The second-order valence-electron chi connectivity index (χ2n) is 2.49. The molecule has 1 heterocycles. The predicted molar refractivity (Wildman–Crippen MR) is 53.8 cm³/mol. The molecule has 15 heavy (non-hydrogen) atoms. The molecular weight excluding hydrogens is 220 g/mol. The molecule has 0 fully saturated rings. The van der Waals surface area contributed by atoms with Crippen molar-refractivity contribution in [1.82, 2.24) is 4.37 Å². The first-order chi connectivity index (χ1) is 7.11. The van der Waals surface area contributed by atoms with E-state index in [1.165, 1.54) is 7.11 Å². The standard InChI is InChI=1S/C8H10N2O4S/c1-3-14-7(11)5-4(9)6(15-10-5)8(12)13-2/h3,9H2,1-2H3. The average Bonchev–Trinajstić information content (AvgIpc) is 2.59. The summed E-state index contributed by atoms with van der Waals surface area (Å²) in [6.45, 7) is 1.89. The fourth-order valence-corrected chi connectivity index (χ4v) is 1.59. The number of hydrogen-bond acceptors (Lipinski definition) is 7. The Kier molecular flexibility index (Phi) is 3.62. The second-order valence-corrected chi connectivity index (χ2v) is 3.26. The van der Waals surface area contributed by atoms with E-state index in [1.807, 2.05) is 0 Å². The van der Waals surface area contributed by atoms with Crippen LogP contribution in [-0.2, 0) is 9.47 Å². The Labute approximate surface area is 90.1 Å². The quantitative estimate of drug-likeness (QED) is 0.768. The van der Waals surface area contributed by atoms with Gasteiger partial charge in [0.05, 0.1) is 19.4 Å². The van der Waals surface area contributed by atoms with Crippen molar-refractivity contribution in [3.63, 3.8) is 0 Å². The minimum absolute atomic E-state index is 0.00491. The van der Waals surface area contributed by atoms with E-state index < -0.39 is 11.9 Å². The zero-order chi connectivity index (χ0) is 11.4. The van der Waals surface area contributed by atoms with Gasteiger partial charge in [-0.1, -0.05) is 0 Å². The number of nitrogens with two attached hydrogens (primary N) is 1. The van der Waals surface area contributed by atoms with Crippen LogP contribution in [0.5, 0.6) is 0 Å². The number of ether oxygens (including phenoxy) is 2. The normalized spacial score (nSPS) is 9.73. The number of aromatic nitrogens is 1. The molecule has 0 aliphatic rings. The van der Waals surface area contributed by atoms with Crippen molar-refractivity contribution >= 4 is 29.2 Å². The molecule has 0 saturated carbocycles. The van der Waals surface area contributed by atoms with E-state index in [9.17, 15) is 9.59 Å². The van der Waals surface area contributed by atoms with Crippen LogP contribution in [0.15, 0.2) is 0 Å². The molecule has 0 bridgehead atoms. The van der Waals surface area contributed by atoms with Gasteiger partial charge in [-0.05, 0) is 18.5 Å². The molecule has 1 aromatic rings. The molecule has 0 amide bonds. The number of esters is 2. The van der Waals surface area contributed by atoms with E-state index in [0.29, 0.717) is 0 Å². The minimum atomic E-state index is -0.638. The Morgan fingerprint density at radius 3 is 2.67 bits per heavy atom. The zero-order valence-corrected chi connectivity index (χ0v) is 9.09. The Hall–Kier alpha value is -1.63. The van der Waals surface area contributed by atoms with Gasteiger partial charge in [-0.25, -0.2) is 9.59 Å². The Morgan fingerprint density at radius 1 is 1.47 bits per heavy atom. The molecule has 1 aromatic heterocycles. The number of nitrogens with zero attached hydrogens (tertiary/aromatic N) is 1. The number of nitrogen functional groups attached to an aromatic ring is 1. The first kappa shape index (κ1) is 11.4. The van der Waals surface area contributed by atoms with Gasteiger partial charge < -0.3 is 15.2 Å². The van der Waals surface area contributed by atoms with Crippen molar-refractivity contribution in [2.75, 3.05) is 19.5 Å². The molecule has 6 nitrogen and oxygen atoms in total. The molecule has 2 N–H and O–H groups in total. The van der Waals surface area contributed by atoms with Crippen molar-refractivity contribution in [1.29, 1.82) is 0 Å². The maximum absolute atomic E-state index is 11.3. The van der Waals surface area contributed by atoms with Crippen molar-refractivity contribution < 1.29 is 19.1 Å². The Balaban J connectivity index is 2.98. The molecule has 0 aromatic carbocycles. The van der Waals surface area contributed by atoms with E-state index in [2.05, 4.69) is 9.11 Å². The number of anilines is 1. The number of carbonyl (C=O) groups is 2. The van der Waals surface area contributed by atoms with Crippen LogP contribution in [0, 0.1) is 0 Å². The number of hydrogen-bond donors (Lipinski definition) is 1. The van der Waals surface area contributed by atoms with Gasteiger partial charge in [0.1, 0.15) is 0 Å². The topological polar surface area (TPSA) is 91.5 Å². The lowest BCUT2D eigenvalue weighted by Gasteiger charge is -1.99. The summed E-state index contributed by atoms with van der Waals surface area (Å²) in [5, 5.41) is 0. The number of rotatable bonds is 3. The third-order valence-corrected chi connectivity index (χ3v) is 2.41. The summed E-state index contributed by atoms with van der Waals surface area (Å²) in [7, 11) is 1.23. The molecule has 1 rings (SSSR count). The summed E-state index contributed by atoms with van der Waals surface area (Å²) in [5.41, 5.74) is 5.52. The minimum Gasteiger partial charge on any atom is -0.465 e. The molecule has 0 spiro atoms. The maximum Gasteiger partial charge on any atom is 0.360 e. The molecule has 0 aliphatic heterocycles. The third-order valence-electron chi connectivity index (χ3n) is 1.57. The smallest absolute Gasteiger partial charge is 0.360 e. The van der Waals surface area contributed by atoms with E-state index in [1.54, 1.807) is 6.92 Å². The Morgan fingerprint density at radius 2 is 2.13 bits per heavy atom. The summed E-state index contributed by atoms with van der Waals surface area (Å²) < 4.78 is 12.9. The van der Waals surface area contributed by atoms with Crippen molar-refractivity contribution in [2.45, 2.75) is 6.92 Å². The number of carbonyl (C=O) groups excluding carboxylic acids is 2. The van der Waals surface area contributed by atoms with Gasteiger partial charge in [-0.2, -0.15) is 4.37 Å². The molecule has 0 radical (unpaired) electrons. The first-order valence-electron chi connectivity index (χ1n) is 4.12. The van der Waals surface area contributed by atoms with Crippen LogP contribution in [0.3, 0.4) is 0 Å². The van der Waals surface area contributed by atoms with E-state index >= 15 is 0 Å². The van der Waals surface area contributed by atoms with Gasteiger partial charge in [0.2, 0.25) is 0 Å². The summed E-state index contributed by atoms with van der Waals surface area (Å²) in [6, 6.07) is 0. The molecule has 7 heteroatoms. The van der Waals surface area contributed by atoms with Crippen LogP contribution >= 0.6 is 11.5 Å². The van der Waals surface area contributed by atoms with Crippen LogP contribution in [0.1, 0.15) is 27.1 Å². The van der Waals surface area contributed by atoms with Gasteiger partial charge in [0, 0.05) is 0 Å².